The molecule has 1 fully saturated rings. The van der Waals surface area contributed by atoms with Crippen molar-refractivity contribution >= 4 is 23.3 Å². The van der Waals surface area contributed by atoms with Crippen molar-refractivity contribution in [3.8, 4) is 0 Å². The molecule has 0 aliphatic carbocycles. The minimum Gasteiger partial charge on any atom is -0.336 e. The molecule has 2 aromatic carbocycles. The van der Waals surface area contributed by atoms with Crippen molar-refractivity contribution in [3.63, 3.8) is 0 Å². The van der Waals surface area contributed by atoms with E-state index in [-0.39, 0.29) is 23.6 Å². The van der Waals surface area contributed by atoms with Crippen LogP contribution in [0.25, 0.3) is 0 Å². The third-order valence-corrected chi connectivity index (χ3v) is 5.84. The molecule has 0 spiro atoms. The van der Waals surface area contributed by atoms with E-state index in [1.807, 2.05) is 47.4 Å². The Bertz CT molecular complexity index is 942. The number of rotatable bonds is 6. The second kappa shape index (κ2) is 9.22. The maximum Gasteiger partial charge on any atom is 0.253 e. The van der Waals surface area contributed by atoms with E-state index in [1.165, 1.54) is 0 Å². The Morgan fingerprint density at radius 2 is 1.87 bits per heavy atom. The van der Waals surface area contributed by atoms with Crippen molar-refractivity contribution in [1.29, 1.82) is 0 Å². The normalized spacial score (nSPS) is 18.5. The van der Waals surface area contributed by atoms with Crippen LogP contribution in [-0.2, 0) is 11.2 Å². The SMILES string of the molecule is O=C1CCc2cc(C(=O)N3CCNC(CCCC(=O)c4ccccc4)C3)ccc2N1. The van der Waals surface area contributed by atoms with E-state index in [0.29, 0.717) is 37.9 Å². The van der Waals surface area contributed by atoms with Crippen molar-refractivity contribution in [1.82, 2.24) is 10.2 Å². The molecule has 0 aromatic heterocycles. The first-order valence-corrected chi connectivity index (χ1v) is 10.6. The van der Waals surface area contributed by atoms with E-state index in [9.17, 15) is 14.4 Å². The lowest BCUT2D eigenvalue weighted by Gasteiger charge is -2.34. The van der Waals surface area contributed by atoms with Crippen LogP contribution in [0.1, 0.15) is 52.0 Å². The number of nitrogens with one attached hydrogen (secondary N) is 2. The van der Waals surface area contributed by atoms with E-state index in [0.717, 1.165) is 36.2 Å². The summed E-state index contributed by atoms with van der Waals surface area (Å²) < 4.78 is 0. The number of carbonyl (C=O) groups excluding carboxylic acids is 3. The zero-order valence-electron chi connectivity index (χ0n) is 17.0. The molecule has 30 heavy (non-hydrogen) atoms. The highest BCUT2D eigenvalue weighted by Gasteiger charge is 2.25. The maximum atomic E-state index is 13.0. The predicted octanol–water partition coefficient (Wildman–Crippen LogP) is 3.04. The first-order valence-electron chi connectivity index (χ1n) is 10.6. The molecule has 2 aromatic rings. The first kappa shape index (κ1) is 20.3. The molecule has 1 saturated heterocycles. The molecule has 1 unspecified atom stereocenters. The fourth-order valence-corrected chi connectivity index (χ4v) is 4.18. The Morgan fingerprint density at radius 1 is 1.03 bits per heavy atom. The zero-order chi connectivity index (χ0) is 20.9. The van der Waals surface area contributed by atoms with Gasteiger partial charge in [-0.2, -0.15) is 0 Å². The lowest BCUT2D eigenvalue weighted by Crippen LogP contribution is -2.52. The molecule has 4 rings (SSSR count). The van der Waals surface area contributed by atoms with Crippen LogP contribution in [0.5, 0.6) is 0 Å². The smallest absolute Gasteiger partial charge is 0.253 e. The van der Waals surface area contributed by atoms with Gasteiger partial charge < -0.3 is 15.5 Å². The van der Waals surface area contributed by atoms with Gasteiger partial charge in [0, 0.05) is 55.3 Å². The van der Waals surface area contributed by atoms with Crippen LogP contribution >= 0.6 is 0 Å². The van der Waals surface area contributed by atoms with Crippen molar-refractivity contribution < 1.29 is 14.4 Å². The summed E-state index contributed by atoms with van der Waals surface area (Å²) in [6, 6.07) is 15.1. The summed E-state index contributed by atoms with van der Waals surface area (Å²) in [5.41, 5.74) is 3.26. The van der Waals surface area contributed by atoms with Crippen LogP contribution in [0, 0.1) is 0 Å². The lowest BCUT2D eigenvalue weighted by molar-refractivity contribution is -0.116. The van der Waals surface area contributed by atoms with Gasteiger partial charge in [0.1, 0.15) is 0 Å². The average molecular weight is 405 g/mol. The molecule has 2 amide bonds. The molecule has 2 N–H and O–H groups in total. The van der Waals surface area contributed by atoms with Crippen molar-refractivity contribution in [2.24, 2.45) is 0 Å². The number of amides is 2. The Balaban J connectivity index is 1.31. The van der Waals surface area contributed by atoms with Crippen LogP contribution in [0.4, 0.5) is 5.69 Å². The van der Waals surface area contributed by atoms with Gasteiger partial charge in [0.05, 0.1) is 0 Å². The summed E-state index contributed by atoms with van der Waals surface area (Å²) in [5, 5.41) is 6.33. The fraction of sp³-hybridized carbons (Fsp3) is 0.375. The monoisotopic (exact) mass is 405 g/mol. The highest BCUT2D eigenvalue weighted by Crippen LogP contribution is 2.24. The Hall–Kier alpha value is -2.99. The summed E-state index contributed by atoms with van der Waals surface area (Å²) in [5.74, 6) is 0.222. The summed E-state index contributed by atoms with van der Waals surface area (Å²) in [4.78, 5) is 38.7. The van der Waals surface area contributed by atoms with E-state index in [2.05, 4.69) is 10.6 Å². The average Bonchev–Trinajstić information content (AvgIpc) is 2.79. The van der Waals surface area contributed by atoms with Crippen molar-refractivity contribution in [2.45, 2.75) is 38.1 Å². The van der Waals surface area contributed by atoms with Crippen LogP contribution in [0.15, 0.2) is 48.5 Å². The van der Waals surface area contributed by atoms with Gasteiger partial charge in [0.25, 0.3) is 5.91 Å². The number of anilines is 1. The summed E-state index contributed by atoms with van der Waals surface area (Å²) in [7, 11) is 0. The van der Waals surface area contributed by atoms with E-state index in [1.54, 1.807) is 6.07 Å². The number of ketones is 1. The summed E-state index contributed by atoms with van der Waals surface area (Å²) in [6.07, 6.45) is 3.31. The number of benzene rings is 2. The largest absolute Gasteiger partial charge is 0.336 e. The number of carbonyl (C=O) groups is 3. The van der Waals surface area contributed by atoms with Crippen molar-refractivity contribution in [2.75, 3.05) is 25.0 Å². The second-order valence-electron chi connectivity index (χ2n) is 8.00. The molecular formula is C24H27N3O3. The van der Waals surface area contributed by atoms with Crippen LogP contribution in [0.2, 0.25) is 0 Å². The highest BCUT2D eigenvalue weighted by molar-refractivity contribution is 5.98. The van der Waals surface area contributed by atoms with Crippen LogP contribution in [0.3, 0.4) is 0 Å². The second-order valence-corrected chi connectivity index (χ2v) is 8.00. The topological polar surface area (TPSA) is 78.5 Å². The van der Waals surface area contributed by atoms with Gasteiger partial charge >= 0.3 is 0 Å². The van der Waals surface area contributed by atoms with Gasteiger partial charge in [0.15, 0.2) is 5.78 Å². The molecule has 6 nitrogen and oxygen atoms in total. The summed E-state index contributed by atoms with van der Waals surface area (Å²) in [6.45, 7) is 2.07. The molecule has 0 radical (unpaired) electrons. The minimum absolute atomic E-state index is 0.0252. The number of hydrogen-bond acceptors (Lipinski definition) is 4. The molecule has 0 saturated carbocycles. The Morgan fingerprint density at radius 3 is 2.70 bits per heavy atom. The third-order valence-electron chi connectivity index (χ3n) is 5.84. The minimum atomic E-state index is 0.0252. The number of hydrogen-bond donors (Lipinski definition) is 2. The fourth-order valence-electron chi connectivity index (χ4n) is 4.18. The Labute approximate surface area is 176 Å². The molecule has 1 atom stereocenters. The van der Waals surface area contributed by atoms with E-state index >= 15 is 0 Å². The van der Waals surface area contributed by atoms with E-state index in [4.69, 9.17) is 0 Å². The van der Waals surface area contributed by atoms with Gasteiger partial charge in [-0.05, 0) is 43.0 Å². The molecule has 2 aliphatic heterocycles. The quantitative estimate of drug-likeness (QED) is 0.724. The molecule has 156 valence electrons. The Kier molecular flexibility index (Phi) is 6.23. The number of nitrogens with zero attached hydrogens (tertiary/aromatic N) is 1. The molecule has 6 heteroatoms. The molecular weight excluding hydrogens is 378 g/mol. The van der Waals surface area contributed by atoms with Crippen LogP contribution < -0.4 is 10.6 Å². The van der Waals surface area contributed by atoms with Gasteiger partial charge in [0.2, 0.25) is 5.91 Å². The molecule has 0 bridgehead atoms. The number of Topliss-reactive ketones (excluding diaryl/α,β-unsaturated/α-hetero) is 1. The molecule has 2 heterocycles. The lowest BCUT2D eigenvalue weighted by atomic mass is 9.99. The summed E-state index contributed by atoms with van der Waals surface area (Å²) >= 11 is 0. The third kappa shape index (κ3) is 4.76. The number of aryl methyl sites for hydroxylation is 1. The molecule has 2 aliphatic rings. The van der Waals surface area contributed by atoms with Crippen LogP contribution in [-0.4, -0.2) is 48.2 Å². The predicted molar refractivity (Wildman–Crippen MR) is 116 cm³/mol. The first-order chi connectivity index (χ1) is 14.6. The maximum absolute atomic E-state index is 13.0. The van der Waals surface area contributed by atoms with Gasteiger partial charge in [-0.25, -0.2) is 0 Å². The number of fused-ring (bicyclic) bond motifs is 1. The van der Waals surface area contributed by atoms with Crippen molar-refractivity contribution in [3.05, 3.63) is 65.2 Å². The van der Waals surface area contributed by atoms with Gasteiger partial charge in [-0.15, -0.1) is 0 Å². The number of piperazine rings is 1. The van der Waals surface area contributed by atoms with E-state index < -0.39 is 0 Å². The zero-order valence-corrected chi connectivity index (χ0v) is 17.0. The standard InChI is InChI=1S/C24H27N3O3/c28-22(17-5-2-1-3-6-17)8-4-7-20-16-27(14-13-25-20)24(30)19-9-11-21-18(15-19)10-12-23(29)26-21/h1-3,5-6,9,11,15,20,25H,4,7-8,10,12-14,16H2,(H,26,29). The van der Waals surface area contributed by atoms with Gasteiger partial charge in [-0.1, -0.05) is 30.3 Å². The highest BCUT2D eigenvalue weighted by atomic mass is 16.2. The van der Waals surface area contributed by atoms with Gasteiger partial charge in [-0.3, -0.25) is 14.4 Å².